The molecule has 0 bridgehead atoms. The first-order valence-corrected chi connectivity index (χ1v) is 27.6. The van der Waals surface area contributed by atoms with E-state index in [1.54, 1.807) is 104 Å². The van der Waals surface area contributed by atoms with Gasteiger partial charge in [-0.05, 0) is 134 Å². The number of imidazole rings is 2. The number of alkyl halides is 6. The maximum absolute atomic E-state index is 13.9. The zero-order valence-electron chi connectivity index (χ0n) is 49.6. The highest BCUT2D eigenvalue weighted by Gasteiger charge is 2.33. The number of aromatic nitrogens is 10. The van der Waals surface area contributed by atoms with Gasteiger partial charge in [0.2, 0.25) is 17.8 Å². The number of primary amides is 1. The molecule has 27 heteroatoms. The molecule has 6 heterocycles. The quantitative estimate of drug-likeness (QED) is 0.0261. The van der Waals surface area contributed by atoms with Gasteiger partial charge in [0.05, 0.1) is 41.6 Å². The minimum atomic E-state index is -4.63. The average molecular weight is 1280 g/mol. The van der Waals surface area contributed by atoms with E-state index < -0.39 is 29.4 Å². The normalized spacial score (nSPS) is 11.0. The second kappa shape index (κ2) is 31.5. The van der Waals surface area contributed by atoms with Crippen molar-refractivity contribution in [1.82, 2.24) is 49.0 Å². The van der Waals surface area contributed by atoms with Gasteiger partial charge in [0, 0.05) is 121 Å². The number of halogens is 7. The lowest BCUT2D eigenvalue weighted by molar-refractivity contribution is -0.141. The molecule has 10 rings (SSSR count). The summed E-state index contributed by atoms with van der Waals surface area (Å²) < 4.78 is 94.3. The summed E-state index contributed by atoms with van der Waals surface area (Å²) in [6.45, 7) is 3.72. The molecule has 4 N–H and O–H groups in total. The predicted molar refractivity (Wildman–Crippen MR) is 331 cm³/mol. The number of rotatable bonds is 21. The van der Waals surface area contributed by atoms with Gasteiger partial charge in [-0.15, -0.1) is 12.4 Å². The number of Topliss-reactive ketones (excluding diaryl/α,β-unsaturated/α-hetero) is 2. The van der Waals surface area contributed by atoms with Crippen LogP contribution in [0.1, 0.15) is 83.1 Å². The number of benzene rings is 4. The van der Waals surface area contributed by atoms with E-state index >= 15 is 0 Å². The third kappa shape index (κ3) is 19.3. The van der Waals surface area contributed by atoms with Crippen LogP contribution in [-0.4, -0.2) is 99.6 Å². The second-order valence-corrected chi connectivity index (χ2v) is 20.2. The van der Waals surface area contributed by atoms with Crippen LogP contribution in [0.2, 0.25) is 0 Å². The molecule has 0 unspecified atom stereocenters. The predicted octanol–water partition coefficient (Wildman–Crippen LogP) is 12.3. The van der Waals surface area contributed by atoms with E-state index in [4.69, 9.17) is 0 Å². The number of hydrogen-bond acceptors (Lipinski definition) is 17. The number of methoxy groups -OCH3 is 2. The summed E-state index contributed by atoms with van der Waals surface area (Å²) in [7, 11) is 2.73. The number of hydrogen-bond donors (Lipinski definition) is 3. The smallest absolute Gasteiger partial charge is 0.416 e. The van der Waals surface area contributed by atoms with E-state index in [0.29, 0.717) is 70.6 Å². The Kier molecular flexibility index (Phi) is 23.5. The summed E-state index contributed by atoms with van der Waals surface area (Å²) in [6, 6.07) is 27.8. The molecule has 0 fully saturated rings. The van der Waals surface area contributed by atoms with Crippen LogP contribution in [-0.2, 0) is 50.7 Å². The Morgan fingerprint density at radius 3 is 1.51 bits per heavy atom. The fraction of sp³-hybridized carbons (Fsp3) is 0.185. The molecule has 0 aliphatic carbocycles. The molecule has 474 valence electrons. The number of nitrogens with one attached hydrogen (secondary N) is 2. The van der Waals surface area contributed by atoms with E-state index in [1.165, 1.54) is 54.3 Å². The van der Waals surface area contributed by atoms with Gasteiger partial charge in [0.1, 0.15) is 18.6 Å². The highest BCUT2D eigenvalue weighted by atomic mass is 35.5. The van der Waals surface area contributed by atoms with Gasteiger partial charge in [-0.3, -0.25) is 33.9 Å². The summed E-state index contributed by atoms with van der Waals surface area (Å²) in [4.78, 5) is 92.6. The molecule has 4 aromatic carbocycles. The van der Waals surface area contributed by atoms with Gasteiger partial charge in [-0.2, -0.15) is 26.3 Å². The first-order valence-electron chi connectivity index (χ1n) is 27.6. The number of carbonyl (C=O) groups is 5. The van der Waals surface area contributed by atoms with E-state index in [1.807, 2.05) is 26.0 Å². The monoisotopic (exact) mass is 1280 g/mol. The fourth-order valence-electron chi connectivity index (χ4n) is 8.87. The number of anilines is 4. The van der Waals surface area contributed by atoms with Crippen molar-refractivity contribution in [3.05, 3.63) is 227 Å². The number of aldehydes is 1. The van der Waals surface area contributed by atoms with Crippen LogP contribution in [0.3, 0.4) is 0 Å². The SMILES string of the molecule is COC(=O)CCCc1cn(-c2cc(CC(=O)c3ccc(C)c(Nc4nccc(-c5cccnc5)n4)c3)cc(C(F)(F)F)c2)cn1.COCC(N)=O.Cc1ccc(C(=O)Cc2cc(-n3cnc(C=O)c3)cc(C(F)(F)F)c2)cc1Nc1nccc(-c2cccnc2)n1.Cl. The van der Waals surface area contributed by atoms with Crippen molar-refractivity contribution in [3.8, 4) is 33.9 Å². The molecule has 0 atom stereocenters. The Hall–Kier alpha value is -10.9. The average Bonchev–Trinajstić information content (AvgIpc) is 1.38. The minimum absolute atomic E-state index is 0. The van der Waals surface area contributed by atoms with Gasteiger partial charge in [-0.1, -0.05) is 24.3 Å². The van der Waals surface area contributed by atoms with Gasteiger partial charge >= 0.3 is 18.3 Å². The Morgan fingerprint density at radius 2 is 1.10 bits per heavy atom. The van der Waals surface area contributed by atoms with Crippen LogP contribution in [0.4, 0.5) is 49.6 Å². The topological polar surface area (TPSA) is 267 Å². The molecule has 0 aliphatic rings. The van der Waals surface area contributed by atoms with Crippen molar-refractivity contribution in [2.24, 2.45) is 5.73 Å². The highest BCUT2D eigenvalue weighted by molar-refractivity contribution is 5.99. The third-order valence-corrected chi connectivity index (χ3v) is 13.5. The molecule has 10 aromatic rings. The number of carbonyl (C=O) groups excluding carboxylic acids is 5. The summed E-state index contributed by atoms with van der Waals surface area (Å²) in [5, 5.41) is 6.27. The van der Waals surface area contributed by atoms with Crippen LogP contribution >= 0.6 is 12.4 Å². The van der Waals surface area contributed by atoms with E-state index in [-0.39, 0.29) is 84.0 Å². The summed E-state index contributed by atoms with van der Waals surface area (Å²) >= 11 is 0. The third-order valence-electron chi connectivity index (χ3n) is 13.5. The van der Waals surface area contributed by atoms with Crippen LogP contribution in [0.15, 0.2) is 171 Å². The summed E-state index contributed by atoms with van der Waals surface area (Å²) in [6.07, 6.45) is 7.37. The van der Waals surface area contributed by atoms with E-state index in [0.717, 1.165) is 46.5 Å². The molecular weight excluding hydrogens is 1220 g/mol. The van der Waals surface area contributed by atoms with Crippen molar-refractivity contribution in [2.45, 2.75) is 58.3 Å². The Labute approximate surface area is 528 Å². The highest BCUT2D eigenvalue weighted by Crippen LogP contribution is 2.34. The maximum Gasteiger partial charge on any atom is 0.416 e. The number of ether oxygens (including phenoxy) is 2. The number of amides is 1. The van der Waals surface area contributed by atoms with Crippen LogP contribution in [0.5, 0.6) is 0 Å². The van der Waals surface area contributed by atoms with Crippen LogP contribution in [0, 0.1) is 13.8 Å². The van der Waals surface area contributed by atoms with Crippen molar-refractivity contribution in [2.75, 3.05) is 31.5 Å². The zero-order valence-corrected chi connectivity index (χ0v) is 50.4. The fourth-order valence-corrected chi connectivity index (χ4v) is 8.87. The molecular formula is C65H58ClF6N13O7. The Bertz CT molecular complexity index is 4210. The van der Waals surface area contributed by atoms with Crippen molar-refractivity contribution in [3.63, 3.8) is 0 Å². The molecule has 0 saturated carbocycles. The standard InChI is InChI=1S/C33H29F3N6O3.C29H21F3N6O2.C3H7NO2.ClH/c1-21-8-9-23(16-29(21)41-32-38-12-10-28(40-32)24-5-4-11-37-18-24)30(43)15-22-13-25(33(34,35)36)17-27(14-22)42-19-26(39-20-42)6-3-7-31(44)45-2;1-18-4-5-20(12-26(18)37-28-34-8-6-25(36-28)21-3-2-7-33-14-21)27(40)11-19-9-22(29(30,31)32)13-24(10-19)38-15-23(16-39)35-17-38;1-6-2-3(4)5;/h4-5,8-14,16-20H,3,6-7,15H2,1-2H3,(H,38,40,41);2-10,12-17H,11H2,1H3,(H,34,36,37);2H2,1H3,(H2,4,5);1H. The maximum atomic E-state index is 13.9. The lowest BCUT2D eigenvalue weighted by Crippen LogP contribution is -2.16. The van der Waals surface area contributed by atoms with Crippen molar-refractivity contribution < 1.29 is 59.8 Å². The lowest BCUT2D eigenvalue weighted by atomic mass is 9.99. The number of nitrogens with zero attached hydrogens (tertiary/aromatic N) is 10. The summed E-state index contributed by atoms with van der Waals surface area (Å²) in [5.41, 5.74) is 10.7. The number of nitrogens with two attached hydrogens (primary N) is 1. The molecule has 92 heavy (non-hydrogen) atoms. The number of aryl methyl sites for hydroxylation is 3. The molecule has 6 aromatic heterocycles. The first kappa shape index (κ1) is 68.6. The molecule has 0 spiro atoms. The van der Waals surface area contributed by atoms with E-state index in [2.05, 4.69) is 65.7 Å². The first-order chi connectivity index (χ1) is 43.5. The lowest BCUT2D eigenvalue weighted by Gasteiger charge is -2.14. The van der Waals surface area contributed by atoms with Crippen molar-refractivity contribution >= 4 is 65.4 Å². The van der Waals surface area contributed by atoms with Gasteiger partial charge < -0.3 is 35.0 Å². The Balaban J connectivity index is 0.000000238. The van der Waals surface area contributed by atoms with Gasteiger partial charge in [-0.25, -0.2) is 29.9 Å². The minimum Gasteiger partial charge on any atom is -0.469 e. The van der Waals surface area contributed by atoms with E-state index in [9.17, 15) is 50.3 Å². The molecule has 0 saturated heterocycles. The number of ketones is 2. The molecule has 1 amide bonds. The Morgan fingerprint density at radius 1 is 0.609 bits per heavy atom. The van der Waals surface area contributed by atoms with Gasteiger partial charge in [0.25, 0.3) is 0 Å². The van der Waals surface area contributed by atoms with Crippen molar-refractivity contribution in [1.29, 1.82) is 0 Å². The van der Waals surface area contributed by atoms with Crippen LogP contribution in [0.25, 0.3) is 33.9 Å². The van der Waals surface area contributed by atoms with Gasteiger partial charge in [0.15, 0.2) is 17.9 Å². The number of esters is 1. The zero-order chi connectivity index (χ0) is 65.2. The molecule has 0 aliphatic heterocycles. The summed E-state index contributed by atoms with van der Waals surface area (Å²) in [5.74, 6) is -0.887. The molecule has 20 nitrogen and oxygen atoms in total. The molecule has 0 radical (unpaired) electrons. The van der Waals surface area contributed by atoms with Crippen LogP contribution < -0.4 is 16.4 Å². The number of pyridine rings is 2. The largest absolute Gasteiger partial charge is 0.469 e. The second-order valence-electron chi connectivity index (χ2n) is 20.2.